The average Bonchev–Trinajstić information content (AvgIpc) is 2.44. The number of amides is 1. The Labute approximate surface area is 123 Å². The highest BCUT2D eigenvalue weighted by molar-refractivity contribution is 5.81. The van der Waals surface area contributed by atoms with Crippen molar-refractivity contribution in [3.8, 4) is 0 Å². The second-order valence-corrected chi connectivity index (χ2v) is 5.54. The molecule has 1 aromatic rings. The maximum absolute atomic E-state index is 12.1. The van der Waals surface area contributed by atoms with Gasteiger partial charge >= 0.3 is 0 Å². The van der Waals surface area contributed by atoms with Crippen molar-refractivity contribution in [2.45, 2.75) is 65.6 Å². The zero-order valence-corrected chi connectivity index (χ0v) is 13.4. The summed E-state index contributed by atoms with van der Waals surface area (Å²) in [6, 6.07) is 8.67. The highest BCUT2D eigenvalue weighted by atomic mass is 16.2. The Balaban J connectivity index is 2.54. The number of carbonyl (C=O) groups excluding carboxylic acids is 1. The van der Waals surface area contributed by atoms with Crippen LogP contribution >= 0.6 is 0 Å². The Morgan fingerprint density at radius 1 is 1.10 bits per heavy atom. The average molecular weight is 276 g/mol. The highest BCUT2D eigenvalue weighted by Crippen LogP contribution is 2.13. The van der Waals surface area contributed by atoms with Gasteiger partial charge in [-0.1, -0.05) is 43.7 Å². The minimum absolute atomic E-state index is 0.0812. The predicted octanol–water partition coefficient (Wildman–Crippen LogP) is 3.34. The number of hydrogen-bond acceptors (Lipinski definition) is 2. The van der Waals surface area contributed by atoms with E-state index in [1.165, 1.54) is 11.1 Å². The van der Waals surface area contributed by atoms with Gasteiger partial charge in [0.25, 0.3) is 0 Å². The molecule has 1 rings (SSSR count). The molecule has 0 spiro atoms. The predicted molar refractivity (Wildman–Crippen MR) is 84.7 cm³/mol. The largest absolute Gasteiger partial charge is 0.352 e. The molecule has 0 saturated carbocycles. The summed E-state index contributed by atoms with van der Waals surface area (Å²) in [6.45, 7) is 10.3. The maximum atomic E-state index is 12.1. The van der Waals surface area contributed by atoms with Crippen molar-refractivity contribution in [3.05, 3.63) is 35.4 Å². The number of carbonyl (C=O) groups is 1. The third kappa shape index (κ3) is 4.97. The van der Waals surface area contributed by atoms with Crippen molar-refractivity contribution in [1.29, 1.82) is 0 Å². The van der Waals surface area contributed by atoms with Gasteiger partial charge < -0.3 is 5.32 Å². The minimum Gasteiger partial charge on any atom is -0.352 e. The first kappa shape index (κ1) is 16.7. The normalized spacial score (nSPS) is 14.1. The molecule has 0 aliphatic heterocycles. The van der Waals surface area contributed by atoms with Crippen molar-refractivity contribution < 1.29 is 4.79 Å². The van der Waals surface area contributed by atoms with Gasteiger partial charge in [0.15, 0.2) is 0 Å². The number of hydrogen-bond donors (Lipinski definition) is 2. The van der Waals surface area contributed by atoms with Gasteiger partial charge in [-0.2, -0.15) is 0 Å². The second-order valence-electron chi connectivity index (χ2n) is 5.54. The van der Waals surface area contributed by atoms with Crippen LogP contribution in [0, 0.1) is 6.92 Å². The monoisotopic (exact) mass is 276 g/mol. The van der Waals surface area contributed by atoms with Crippen LogP contribution < -0.4 is 10.6 Å². The summed E-state index contributed by atoms with van der Waals surface area (Å²) in [5, 5.41) is 6.44. The third-order valence-corrected chi connectivity index (χ3v) is 3.80. The van der Waals surface area contributed by atoms with Crippen LogP contribution in [0.3, 0.4) is 0 Å². The first-order valence-electron chi connectivity index (χ1n) is 7.60. The molecule has 0 aliphatic carbocycles. The third-order valence-electron chi connectivity index (χ3n) is 3.80. The Morgan fingerprint density at radius 3 is 2.15 bits per heavy atom. The van der Waals surface area contributed by atoms with Crippen LogP contribution in [0.1, 0.15) is 57.7 Å². The molecular formula is C17H28N2O. The maximum Gasteiger partial charge on any atom is 0.237 e. The molecule has 2 unspecified atom stereocenters. The van der Waals surface area contributed by atoms with E-state index in [-0.39, 0.29) is 24.0 Å². The lowest BCUT2D eigenvalue weighted by molar-refractivity contribution is -0.123. The summed E-state index contributed by atoms with van der Waals surface area (Å²) in [5.74, 6) is 0.0812. The lowest BCUT2D eigenvalue weighted by Crippen LogP contribution is -2.46. The Morgan fingerprint density at radius 2 is 1.65 bits per heavy atom. The lowest BCUT2D eigenvalue weighted by Gasteiger charge is -2.22. The molecule has 1 aromatic carbocycles. The molecule has 0 fully saturated rings. The molecule has 0 heterocycles. The van der Waals surface area contributed by atoms with E-state index in [2.05, 4.69) is 62.6 Å². The first-order chi connectivity index (χ1) is 9.47. The number of rotatable bonds is 7. The van der Waals surface area contributed by atoms with Crippen molar-refractivity contribution in [1.82, 2.24) is 10.6 Å². The summed E-state index contributed by atoms with van der Waals surface area (Å²) in [6.07, 6.45) is 1.95. The SMILES string of the molecule is CCC(CC)NC(=O)C(C)NC(C)c1ccc(C)cc1. The molecule has 0 bridgehead atoms. The molecule has 3 nitrogen and oxygen atoms in total. The van der Waals surface area contributed by atoms with Crippen LogP contribution in [0.15, 0.2) is 24.3 Å². The first-order valence-corrected chi connectivity index (χ1v) is 7.60. The van der Waals surface area contributed by atoms with Crippen LogP contribution in [0.4, 0.5) is 0 Å². The van der Waals surface area contributed by atoms with E-state index in [0.717, 1.165) is 12.8 Å². The molecule has 0 aliphatic rings. The van der Waals surface area contributed by atoms with Crippen molar-refractivity contribution in [2.24, 2.45) is 0 Å². The molecule has 0 saturated heterocycles. The van der Waals surface area contributed by atoms with Crippen molar-refractivity contribution >= 4 is 5.91 Å². The summed E-state index contributed by atoms with van der Waals surface area (Å²) >= 11 is 0. The van der Waals surface area contributed by atoms with E-state index in [9.17, 15) is 4.79 Å². The van der Waals surface area contributed by atoms with Crippen molar-refractivity contribution in [3.63, 3.8) is 0 Å². The molecular weight excluding hydrogens is 248 g/mol. The molecule has 1 amide bonds. The quantitative estimate of drug-likeness (QED) is 0.802. The van der Waals surface area contributed by atoms with E-state index in [1.54, 1.807) is 0 Å². The minimum atomic E-state index is -0.188. The molecule has 20 heavy (non-hydrogen) atoms. The van der Waals surface area contributed by atoms with E-state index in [1.807, 2.05) is 6.92 Å². The summed E-state index contributed by atoms with van der Waals surface area (Å²) < 4.78 is 0. The van der Waals surface area contributed by atoms with Crippen LogP contribution in [0.2, 0.25) is 0 Å². The van der Waals surface area contributed by atoms with E-state index >= 15 is 0 Å². The van der Waals surface area contributed by atoms with Gasteiger partial charge in [0, 0.05) is 12.1 Å². The van der Waals surface area contributed by atoms with Gasteiger partial charge in [-0.25, -0.2) is 0 Å². The number of nitrogens with one attached hydrogen (secondary N) is 2. The van der Waals surface area contributed by atoms with Gasteiger partial charge in [-0.05, 0) is 39.2 Å². The fraction of sp³-hybridized carbons (Fsp3) is 0.588. The van der Waals surface area contributed by atoms with Gasteiger partial charge in [0.2, 0.25) is 5.91 Å². The van der Waals surface area contributed by atoms with E-state index in [0.29, 0.717) is 0 Å². The van der Waals surface area contributed by atoms with Gasteiger partial charge in [-0.3, -0.25) is 10.1 Å². The Hall–Kier alpha value is -1.35. The Bertz CT molecular complexity index is 410. The standard InChI is InChI=1S/C17H28N2O/c1-6-16(7-2)19-17(20)14(5)18-13(4)15-10-8-12(3)9-11-15/h8-11,13-14,16,18H,6-7H2,1-5H3,(H,19,20). The van der Waals surface area contributed by atoms with Gasteiger partial charge in [-0.15, -0.1) is 0 Å². The van der Waals surface area contributed by atoms with Gasteiger partial charge in [0.05, 0.1) is 6.04 Å². The molecule has 112 valence electrons. The fourth-order valence-corrected chi connectivity index (χ4v) is 2.22. The molecule has 2 atom stereocenters. The smallest absolute Gasteiger partial charge is 0.237 e. The molecule has 0 aromatic heterocycles. The number of aryl methyl sites for hydroxylation is 1. The molecule has 2 N–H and O–H groups in total. The summed E-state index contributed by atoms with van der Waals surface area (Å²) in [5.41, 5.74) is 2.46. The zero-order valence-electron chi connectivity index (χ0n) is 13.4. The topological polar surface area (TPSA) is 41.1 Å². The summed E-state index contributed by atoms with van der Waals surface area (Å²) in [4.78, 5) is 12.1. The molecule has 0 radical (unpaired) electrons. The second kappa shape index (κ2) is 8.05. The zero-order chi connectivity index (χ0) is 15.1. The fourth-order valence-electron chi connectivity index (χ4n) is 2.22. The van der Waals surface area contributed by atoms with E-state index in [4.69, 9.17) is 0 Å². The van der Waals surface area contributed by atoms with Crippen LogP contribution in [0.5, 0.6) is 0 Å². The highest BCUT2D eigenvalue weighted by Gasteiger charge is 2.18. The van der Waals surface area contributed by atoms with Crippen LogP contribution in [0.25, 0.3) is 0 Å². The van der Waals surface area contributed by atoms with Crippen molar-refractivity contribution in [2.75, 3.05) is 0 Å². The lowest BCUT2D eigenvalue weighted by atomic mass is 10.1. The Kier molecular flexibility index (Phi) is 6.73. The van der Waals surface area contributed by atoms with E-state index < -0.39 is 0 Å². The number of benzene rings is 1. The molecule has 3 heteroatoms. The van der Waals surface area contributed by atoms with Crippen LogP contribution in [-0.2, 0) is 4.79 Å². The van der Waals surface area contributed by atoms with Crippen LogP contribution in [-0.4, -0.2) is 18.0 Å². The van der Waals surface area contributed by atoms with Gasteiger partial charge in [0.1, 0.15) is 0 Å². The summed E-state index contributed by atoms with van der Waals surface area (Å²) in [7, 11) is 0.